The highest BCUT2D eigenvalue weighted by Gasteiger charge is 2.52. The van der Waals surface area contributed by atoms with Crippen LogP contribution in [0.2, 0.25) is 0 Å². The van der Waals surface area contributed by atoms with Gasteiger partial charge >= 0.3 is 6.09 Å². The summed E-state index contributed by atoms with van der Waals surface area (Å²) in [6.07, 6.45) is 4.60. The average molecular weight is 240 g/mol. The SMILES string of the molecule is CC(C)(C)OC(=O)N1CCC2(CCC2)C1CN. The van der Waals surface area contributed by atoms with Crippen LogP contribution in [0, 0.1) is 5.41 Å². The topological polar surface area (TPSA) is 55.6 Å². The van der Waals surface area contributed by atoms with Crippen molar-refractivity contribution in [3.8, 4) is 0 Å². The highest BCUT2D eigenvalue weighted by Crippen LogP contribution is 2.52. The van der Waals surface area contributed by atoms with Crippen LogP contribution >= 0.6 is 0 Å². The van der Waals surface area contributed by atoms with Gasteiger partial charge in [-0.3, -0.25) is 0 Å². The maximum Gasteiger partial charge on any atom is 0.410 e. The summed E-state index contributed by atoms with van der Waals surface area (Å²) in [4.78, 5) is 14.0. The Morgan fingerprint density at radius 3 is 2.47 bits per heavy atom. The molecule has 0 aromatic carbocycles. The highest BCUT2D eigenvalue weighted by atomic mass is 16.6. The molecule has 4 heteroatoms. The normalized spacial score (nSPS) is 27.1. The Morgan fingerprint density at radius 1 is 1.41 bits per heavy atom. The van der Waals surface area contributed by atoms with Gasteiger partial charge in [0.2, 0.25) is 0 Å². The Bertz CT molecular complexity index is 305. The van der Waals surface area contributed by atoms with Gasteiger partial charge in [-0.25, -0.2) is 4.79 Å². The van der Waals surface area contributed by atoms with Crippen molar-refractivity contribution in [1.29, 1.82) is 0 Å². The van der Waals surface area contributed by atoms with Crippen molar-refractivity contribution in [2.75, 3.05) is 13.1 Å². The van der Waals surface area contributed by atoms with E-state index in [1.165, 1.54) is 19.3 Å². The summed E-state index contributed by atoms with van der Waals surface area (Å²) in [6, 6.07) is 0.186. The lowest BCUT2D eigenvalue weighted by Gasteiger charge is -2.44. The predicted octanol–water partition coefficient (Wildman–Crippen LogP) is 2.12. The van der Waals surface area contributed by atoms with Gasteiger partial charge in [-0.2, -0.15) is 0 Å². The van der Waals surface area contributed by atoms with E-state index >= 15 is 0 Å². The molecule has 17 heavy (non-hydrogen) atoms. The van der Waals surface area contributed by atoms with E-state index in [4.69, 9.17) is 10.5 Å². The van der Waals surface area contributed by atoms with Gasteiger partial charge in [0.1, 0.15) is 5.60 Å². The molecule has 2 rings (SSSR count). The summed E-state index contributed by atoms with van der Waals surface area (Å²) < 4.78 is 5.45. The molecule has 1 amide bonds. The Morgan fingerprint density at radius 2 is 2.06 bits per heavy atom. The molecule has 0 aromatic heterocycles. The van der Waals surface area contributed by atoms with Crippen LogP contribution in [0.4, 0.5) is 4.79 Å². The van der Waals surface area contributed by atoms with Crippen LogP contribution in [0.3, 0.4) is 0 Å². The van der Waals surface area contributed by atoms with E-state index in [-0.39, 0.29) is 12.1 Å². The number of carbonyl (C=O) groups excluding carboxylic acids is 1. The van der Waals surface area contributed by atoms with Gasteiger partial charge in [-0.15, -0.1) is 0 Å². The third kappa shape index (κ3) is 2.28. The molecule has 1 spiro atoms. The van der Waals surface area contributed by atoms with Gasteiger partial charge in [0.15, 0.2) is 0 Å². The van der Waals surface area contributed by atoms with Crippen molar-refractivity contribution < 1.29 is 9.53 Å². The molecule has 4 nitrogen and oxygen atoms in total. The van der Waals surface area contributed by atoms with Crippen LogP contribution in [0.15, 0.2) is 0 Å². The van der Waals surface area contributed by atoms with Gasteiger partial charge in [-0.1, -0.05) is 6.42 Å². The summed E-state index contributed by atoms with van der Waals surface area (Å²) in [6.45, 7) is 7.06. The Balaban J connectivity index is 2.04. The molecule has 1 aliphatic heterocycles. The molecule has 2 aliphatic rings. The molecule has 1 saturated heterocycles. The molecular weight excluding hydrogens is 216 g/mol. The molecule has 0 bridgehead atoms. The molecule has 98 valence electrons. The second-order valence-corrected chi connectivity index (χ2v) is 6.39. The van der Waals surface area contributed by atoms with E-state index < -0.39 is 5.60 Å². The highest BCUT2D eigenvalue weighted by molar-refractivity contribution is 5.69. The second kappa shape index (κ2) is 4.16. The van der Waals surface area contributed by atoms with E-state index in [9.17, 15) is 4.79 Å². The lowest BCUT2D eigenvalue weighted by Crippen LogP contribution is -2.51. The number of hydrogen-bond acceptors (Lipinski definition) is 3. The minimum absolute atomic E-state index is 0.186. The van der Waals surface area contributed by atoms with Crippen molar-refractivity contribution in [1.82, 2.24) is 4.90 Å². The number of amides is 1. The molecule has 1 saturated carbocycles. The fourth-order valence-corrected chi connectivity index (χ4v) is 3.13. The average Bonchev–Trinajstić information content (AvgIpc) is 2.52. The van der Waals surface area contributed by atoms with Crippen LogP contribution in [0.5, 0.6) is 0 Å². The molecule has 1 heterocycles. The van der Waals surface area contributed by atoms with Crippen molar-refractivity contribution in [3.05, 3.63) is 0 Å². The first-order valence-corrected chi connectivity index (χ1v) is 6.58. The summed E-state index contributed by atoms with van der Waals surface area (Å²) in [5, 5.41) is 0. The Hall–Kier alpha value is -0.770. The van der Waals surface area contributed by atoms with Crippen LogP contribution in [0.1, 0.15) is 46.5 Å². The van der Waals surface area contributed by atoms with Gasteiger partial charge in [0.25, 0.3) is 0 Å². The van der Waals surface area contributed by atoms with E-state index in [1.807, 2.05) is 25.7 Å². The first-order valence-electron chi connectivity index (χ1n) is 6.58. The third-order valence-electron chi connectivity index (χ3n) is 4.13. The van der Waals surface area contributed by atoms with Gasteiger partial charge in [-0.05, 0) is 45.4 Å². The van der Waals surface area contributed by atoms with E-state index in [2.05, 4.69) is 0 Å². The first kappa shape index (κ1) is 12.7. The van der Waals surface area contributed by atoms with Crippen molar-refractivity contribution in [2.45, 2.75) is 58.1 Å². The summed E-state index contributed by atoms with van der Waals surface area (Å²) in [5.41, 5.74) is 5.75. The quantitative estimate of drug-likeness (QED) is 0.764. The maximum absolute atomic E-state index is 12.1. The van der Waals surface area contributed by atoms with Gasteiger partial charge in [0, 0.05) is 13.1 Å². The molecule has 1 atom stereocenters. The number of ether oxygens (including phenoxy) is 1. The number of hydrogen-bond donors (Lipinski definition) is 1. The van der Waals surface area contributed by atoms with Crippen LogP contribution < -0.4 is 5.73 Å². The standard InChI is InChI=1S/C13H24N2O2/c1-12(2,3)17-11(16)15-8-7-13(5-4-6-13)10(15)9-14/h10H,4-9,14H2,1-3H3. The summed E-state index contributed by atoms with van der Waals surface area (Å²) in [5.74, 6) is 0. The zero-order chi connectivity index (χ0) is 12.7. The summed E-state index contributed by atoms with van der Waals surface area (Å²) >= 11 is 0. The molecule has 0 aromatic rings. The van der Waals surface area contributed by atoms with Crippen LogP contribution in [-0.4, -0.2) is 35.7 Å². The molecule has 2 fully saturated rings. The zero-order valence-electron chi connectivity index (χ0n) is 11.2. The van der Waals surface area contributed by atoms with Crippen molar-refractivity contribution in [2.24, 2.45) is 11.1 Å². The maximum atomic E-state index is 12.1. The van der Waals surface area contributed by atoms with Crippen molar-refractivity contribution >= 4 is 6.09 Å². The monoisotopic (exact) mass is 240 g/mol. The number of nitrogens with zero attached hydrogens (tertiary/aromatic N) is 1. The van der Waals surface area contributed by atoms with Gasteiger partial charge < -0.3 is 15.4 Å². The van der Waals surface area contributed by atoms with Crippen LogP contribution in [0.25, 0.3) is 0 Å². The minimum atomic E-state index is -0.425. The third-order valence-corrected chi connectivity index (χ3v) is 4.13. The molecule has 2 N–H and O–H groups in total. The summed E-state index contributed by atoms with van der Waals surface area (Å²) in [7, 11) is 0. The predicted molar refractivity (Wildman–Crippen MR) is 66.7 cm³/mol. The Labute approximate surface area is 103 Å². The molecule has 1 unspecified atom stereocenters. The van der Waals surface area contributed by atoms with Crippen molar-refractivity contribution in [3.63, 3.8) is 0 Å². The smallest absolute Gasteiger partial charge is 0.410 e. The first-order chi connectivity index (χ1) is 7.88. The largest absolute Gasteiger partial charge is 0.444 e. The number of nitrogens with two attached hydrogens (primary N) is 1. The number of rotatable bonds is 1. The Kier molecular flexibility index (Phi) is 3.10. The fraction of sp³-hybridized carbons (Fsp3) is 0.923. The van der Waals surface area contributed by atoms with E-state index in [0.29, 0.717) is 12.0 Å². The lowest BCUT2D eigenvalue weighted by atomic mass is 9.64. The lowest BCUT2D eigenvalue weighted by molar-refractivity contribution is 0.00868. The minimum Gasteiger partial charge on any atom is -0.444 e. The van der Waals surface area contributed by atoms with Gasteiger partial charge in [0.05, 0.1) is 6.04 Å². The second-order valence-electron chi connectivity index (χ2n) is 6.39. The number of likely N-dealkylation sites (tertiary alicyclic amines) is 1. The number of carbonyl (C=O) groups is 1. The molecular formula is C13H24N2O2. The van der Waals surface area contributed by atoms with E-state index in [0.717, 1.165) is 13.0 Å². The van der Waals surface area contributed by atoms with Crippen LogP contribution in [-0.2, 0) is 4.74 Å². The van der Waals surface area contributed by atoms with E-state index in [1.54, 1.807) is 0 Å². The molecule has 0 radical (unpaired) electrons. The molecule has 1 aliphatic carbocycles. The zero-order valence-corrected chi connectivity index (χ0v) is 11.2. The fourth-order valence-electron chi connectivity index (χ4n) is 3.13.